The van der Waals surface area contributed by atoms with Crippen LogP contribution in [0.5, 0.6) is 0 Å². The fourth-order valence-electron chi connectivity index (χ4n) is 5.38. The van der Waals surface area contributed by atoms with Crippen LogP contribution in [0, 0.1) is 0 Å². The number of esters is 2. The molecule has 2 amide bonds. The van der Waals surface area contributed by atoms with Crippen LogP contribution in [0.15, 0.2) is 60.7 Å². The predicted octanol–water partition coefficient (Wildman–Crippen LogP) is 4.29. The largest absolute Gasteiger partial charge is 0.466 e. The third kappa shape index (κ3) is 6.96. The van der Waals surface area contributed by atoms with Crippen molar-refractivity contribution >= 4 is 18.0 Å². The molecule has 0 N–H and O–H groups in total. The van der Waals surface area contributed by atoms with Gasteiger partial charge in [-0.1, -0.05) is 60.7 Å². The number of carbonyl (C=O) groups excluding carboxylic acids is 3. The maximum atomic E-state index is 14.5. The highest BCUT2D eigenvalue weighted by molar-refractivity contribution is 5.79. The lowest BCUT2D eigenvalue weighted by Gasteiger charge is -2.37. The molecule has 0 radical (unpaired) electrons. The summed E-state index contributed by atoms with van der Waals surface area (Å²) in [5.74, 6) is -1.86. The summed E-state index contributed by atoms with van der Waals surface area (Å²) < 4.78 is 23.4. The molecule has 2 fully saturated rings. The molecule has 0 saturated carbocycles. The van der Waals surface area contributed by atoms with Crippen LogP contribution in [0.25, 0.3) is 0 Å². The van der Waals surface area contributed by atoms with E-state index in [1.54, 1.807) is 37.5 Å². The van der Waals surface area contributed by atoms with Crippen LogP contribution in [-0.4, -0.2) is 71.1 Å². The van der Waals surface area contributed by atoms with E-state index < -0.39 is 42.0 Å². The second-order valence-electron chi connectivity index (χ2n) is 10.2. The molecule has 0 spiro atoms. The van der Waals surface area contributed by atoms with Crippen LogP contribution in [0.2, 0.25) is 0 Å². The fourth-order valence-corrected chi connectivity index (χ4v) is 5.38. The summed E-state index contributed by atoms with van der Waals surface area (Å²) in [4.78, 5) is 43.5. The number of rotatable bonds is 10. The Morgan fingerprint density at radius 3 is 1.49 bits per heavy atom. The van der Waals surface area contributed by atoms with E-state index in [4.69, 9.17) is 18.9 Å². The molecule has 9 heteroatoms. The first-order valence-electron chi connectivity index (χ1n) is 13.5. The van der Waals surface area contributed by atoms with Crippen molar-refractivity contribution in [3.05, 3.63) is 71.8 Å². The molecule has 0 unspecified atom stereocenters. The van der Waals surface area contributed by atoms with Crippen LogP contribution in [0.1, 0.15) is 51.7 Å². The molecular formula is C30H38N2O7. The van der Waals surface area contributed by atoms with E-state index in [0.717, 1.165) is 11.1 Å². The lowest BCUT2D eigenvalue weighted by atomic mass is 9.94. The lowest BCUT2D eigenvalue weighted by Crippen LogP contribution is -2.51. The van der Waals surface area contributed by atoms with Gasteiger partial charge in [-0.05, 0) is 38.8 Å². The van der Waals surface area contributed by atoms with Gasteiger partial charge in [0.2, 0.25) is 0 Å². The van der Waals surface area contributed by atoms with Crippen molar-refractivity contribution in [2.24, 2.45) is 0 Å². The van der Waals surface area contributed by atoms with Crippen LogP contribution in [0.3, 0.4) is 0 Å². The van der Waals surface area contributed by atoms with Crippen molar-refractivity contribution < 1.29 is 33.3 Å². The van der Waals surface area contributed by atoms with Gasteiger partial charge in [0.15, 0.2) is 5.79 Å². The third-order valence-corrected chi connectivity index (χ3v) is 6.97. The van der Waals surface area contributed by atoms with Gasteiger partial charge in [-0.25, -0.2) is 4.79 Å². The normalized spacial score (nSPS) is 24.2. The summed E-state index contributed by atoms with van der Waals surface area (Å²) in [7, 11) is 0. The van der Waals surface area contributed by atoms with Crippen molar-refractivity contribution in [3.8, 4) is 0 Å². The summed E-state index contributed by atoms with van der Waals surface area (Å²) in [5, 5.41) is 0. The third-order valence-electron chi connectivity index (χ3n) is 6.97. The molecule has 4 atom stereocenters. The Bertz CT molecular complexity index is 1040. The van der Waals surface area contributed by atoms with Gasteiger partial charge in [0.25, 0.3) is 0 Å². The Labute approximate surface area is 230 Å². The van der Waals surface area contributed by atoms with Gasteiger partial charge in [0.05, 0.1) is 38.1 Å². The van der Waals surface area contributed by atoms with E-state index in [2.05, 4.69) is 0 Å². The second kappa shape index (κ2) is 12.6. The second-order valence-corrected chi connectivity index (χ2v) is 10.2. The van der Waals surface area contributed by atoms with Gasteiger partial charge >= 0.3 is 18.0 Å². The first-order chi connectivity index (χ1) is 18.7. The summed E-state index contributed by atoms with van der Waals surface area (Å²) >= 11 is 0. The van der Waals surface area contributed by atoms with Crippen LogP contribution >= 0.6 is 0 Å². The molecule has 2 aliphatic rings. The predicted molar refractivity (Wildman–Crippen MR) is 143 cm³/mol. The zero-order chi connectivity index (χ0) is 28.0. The van der Waals surface area contributed by atoms with E-state index in [1.165, 1.54) is 0 Å². The SMILES string of the molecule is CCOC(=O)C[C@@H]1[C@@H]2OC(C)(C)O[C@H]2[C@@H](CC(=O)OCC)N(Cc2ccccc2)C(=O)N1Cc1ccccc1. The molecule has 4 rings (SSSR count). The van der Waals surface area contributed by atoms with Gasteiger partial charge in [0, 0.05) is 13.1 Å². The highest BCUT2D eigenvalue weighted by Gasteiger charge is 2.56. The average Bonchev–Trinajstić information content (AvgIpc) is 3.21. The van der Waals surface area contributed by atoms with Crippen molar-refractivity contribution in [2.75, 3.05) is 13.2 Å². The molecule has 9 nitrogen and oxygen atoms in total. The zero-order valence-electron chi connectivity index (χ0n) is 23.1. The Morgan fingerprint density at radius 1 is 0.744 bits per heavy atom. The molecule has 210 valence electrons. The Morgan fingerprint density at radius 2 is 1.13 bits per heavy atom. The number of nitrogens with zero attached hydrogens (tertiary/aromatic N) is 2. The number of carbonyl (C=O) groups is 3. The highest BCUT2D eigenvalue weighted by atomic mass is 16.8. The molecule has 39 heavy (non-hydrogen) atoms. The zero-order valence-corrected chi connectivity index (χ0v) is 23.1. The van der Waals surface area contributed by atoms with Gasteiger partial charge in [-0.3, -0.25) is 9.59 Å². The van der Waals surface area contributed by atoms with Gasteiger partial charge < -0.3 is 28.7 Å². The molecule has 0 bridgehead atoms. The van der Waals surface area contributed by atoms with E-state index in [0.29, 0.717) is 0 Å². The number of benzene rings is 2. The minimum absolute atomic E-state index is 0.0711. The monoisotopic (exact) mass is 538 g/mol. The number of hydrogen-bond donors (Lipinski definition) is 0. The number of ether oxygens (including phenoxy) is 4. The molecule has 2 aromatic rings. The summed E-state index contributed by atoms with van der Waals surface area (Å²) in [6, 6.07) is 17.5. The molecule has 2 heterocycles. The van der Waals surface area contributed by atoms with Crippen molar-refractivity contribution in [2.45, 2.75) is 83.7 Å². The topological polar surface area (TPSA) is 94.6 Å². The van der Waals surface area contributed by atoms with Crippen molar-refractivity contribution in [3.63, 3.8) is 0 Å². The van der Waals surface area contributed by atoms with Crippen molar-refractivity contribution in [1.29, 1.82) is 0 Å². The minimum Gasteiger partial charge on any atom is -0.466 e. The number of urea groups is 1. The summed E-state index contributed by atoms with van der Waals surface area (Å²) in [5.41, 5.74) is 1.80. The van der Waals surface area contributed by atoms with Crippen LogP contribution in [0.4, 0.5) is 4.79 Å². The highest BCUT2D eigenvalue weighted by Crippen LogP contribution is 2.40. The van der Waals surface area contributed by atoms with Gasteiger partial charge in [0.1, 0.15) is 12.2 Å². The Balaban J connectivity index is 1.82. The first-order valence-corrected chi connectivity index (χ1v) is 13.5. The van der Waals surface area contributed by atoms with E-state index in [-0.39, 0.29) is 45.2 Å². The number of fused-ring (bicyclic) bond motifs is 1. The average molecular weight is 539 g/mol. The fraction of sp³-hybridized carbons (Fsp3) is 0.500. The van der Waals surface area contributed by atoms with Gasteiger partial charge in [-0.2, -0.15) is 0 Å². The van der Waals surface area contributed by atoms with E-state index in [1.807, 2.05) is 60.7 Å². The van der Waals surface area contributed by atoms with Gasteiger partial charge in [-0.15, -0.1) is 0 Å². The molecular weight excluding hydrogens is 500 g/mol. The molecule has 0 aromatic heterocycles. The maximum Gasteiger partial charge on any atom is 0.321 e. The summed E-state index contributed by atoms with van der Waals surface area (Å²) in [6.45, 7) is 8.03. The molecule has 2 saturated heterocycles. The number of hydrogen-bond acceptors (Lipinski definition) is 7. The molecule has 2 aromatic carbocycles. The smallest absolute Gasteiger partial charge is 0.321 e. The first kappa shape index (κ1) is 28.6. The van der Waals surface area contributed by atoms with Crippen LogP contribution < -0.4 is 0 Å². The molecule has 2 aliphatic heterocycles. The van der Waals surface area contributed by atoms with E-state index >= 15 is 0 Å². The molecule has 0 aliphatic carbocycles. The Kier molecular flexibility index (Phi) is 9.24. The lowest BCUT2D eigenvalue weighted by molar-refractivity contribution is -0.163. The van der Waals surface area contributed by atoms with E-state index in [9.17, 15) is 14.4 Å². The van der Waals surface area contributed by atoms with Crippen molar-refractivity contribution in [1.82, 2.24) is 9.80 Å². The van der Waals surface area contributed by atoms with Crippen LogP contribution in [-0.2, 0) is 41.6 Å². The standard InChI is InChI=1S/C30H38N2O7/c1-5-36-25(33)17-23-27-28(39-30(3,4)38-27)24(18-26(34)37-6-2)32(20-22-15-11-8-12-16-22)29(35)31(23)19-21-13-9-7-10-14-21/h7-16,23-24,27-28H,5-6,17-20H2,1-4H3/t23-,24-,27+,28+/m1/s1. The summed E-state index contributed by atoms with van der Waals surface area (Å²) in [6.07, 6.45) is -1.51. The quantitative estimate of drug-likeness (QED) is 0.417. The number of amides is 2. The Hall–Kier alpha value is -3.43. The maximum absolute atomic E-state index is 14.5. The minimum atomic E-state index is -0.994.